The molecule has 0 heterocycles. The van der Waals surface area contributed by atoms with Gasteiger partial charge in [0.15, 0.2) is 0 Å². The van der Waals surface area contributed by atoms with Crippen molar-refractivity contribution in [1.29, 1.82) is 0 Å². The molecule has 0 aliphatic rings. The van der Waals surface area contributed by atoms with Gasteiger partial charge in [0.1, 0.15) is 0 Å². The quantitative estimate of drug-likeness (QED) is 0.550. The molecule has 1 unspecified atom stereocenters. The lowest BCUT2D eigenvalue weighted by Crippen LogP contribution is -2.15. The largest absolute Gasteiger partial charge is 0.382 e. The number of ether oxygens (including phenoxy) is 2. The van der Waals surface area contributed by atoms with Gasteiger partial charge in [-0.25, -0.2) is 0 Å². The summed E-state index contributed by atoms with van der Waals surface area (Å²) in [5.41, 5.74) is 0. The second-order valence-electron chi connectivity index (χ2n) is 3.15. The van der Waals surface area contributed by atoms with E-state index in [0.717, 1.165) is 26.1 Å². The molecule has 0 aromatic heterocycles. The summed E-state index contributed by atoms with van der Waals surface area (Å²) in [4.78, 5) is 0. The van der Waals surface area contributed by atoms with Crippen LogP contribution in [0.1, 0.15) is 33.6 Å². The smallest absolute Gasteiger partial charge is 0.0580 e. The van der Waals surface area contributed by atoms with Crippen LogP contribution in [0.3, 0.4) is 0 Å². The van der Waals surface area contributed by atoms with Crippen LogP contribution in [-0.2, 0) is 9.47 Å². The van der Waals surface area contributed by atoms with E-state index in [-0.39, 0.29) is 12.2 Å². The van der Waals surface area contributed by atoms with Crippen molar-refractivity contribution in [2.45, 2.75) is 45.8 Å². The highest BCUT2D eigenvalue weighted by molar-refractivity contribution is 4.60. The van der Waals surface area contributed by atoms with E-state index in [9.17, 15) is 0 Å². The van der Waals surface area contributed by atoms with Crippen LogP contribution in [0.4, 0.5) is 0 Å². The lowest BCUT2D eigenvalue weighted by atomic mass is 10.2. The molecule has 0 rings (SSSR count). The molecule has 73 valence electrons. The zero-order valence-electron chi connectivity index (χ0n) is 8.51. The van der Waals surface area contributed by atoms with Gasteiger partial charge in [0.2, 0.25) is 0 Å². The Morgan fingerprint density at radius 1 is 1.33 bits per heavy atom. The van der Waals surface area contributed by atoms with Crippen molar-refractivity contribution in [3.63, 3.8) is 0 Å². The van der Waals surface area contributed by atoms with Crippen LogP contribution in [0.15, 0.2) is 0 Å². The molecule has 0 N–H and O–H groups in total. The molecule has 0 fully saturated rings. The molecule has 2 nitrogen and oxygen atoms in total. The minimum Gasteiger partial charge on any atom is -0.382 e. The highest BCUT2D eigenvalue weighted by Crippen LogP contribution is 2.04. The number of hydrogen-bond acceptors (Lipinski definition) is 2. The zero-order chi connectivity index (χ0) is 9.40. The Morgan fingerprint density at radius 3 is 2.50 bits per heavy atom. The van der Waals surface area contributed by atoms with Gasteiger partial charge in [-0.1, -0.05) is 0 Å². The van der Waals surface area contributed by atoms with Crippen molar-refractivity contribution in [2.75, 3.05) is 13.2 Å². The maximum atomic E-state index is 5.46. The average Bonchev–Trinajstić information content (AvgIpc) is 1.97. The first-order valence-electron chi connectivity index (χ1n) is 4.73. The third-order valence-corrected chi connectivity index (χ3v) is 1.48. The van der Waals surface area contributed by atoms with Gasteiger partial charge in [-0.05, 0) is 40.5 Å². The Kier molecular flexibility index (Phi) is 7.51. The Morgan fingerprint density at radius 2 is 2.00 bits per heavy atom. The predicted octanol–water partition coefficient (Wildman–Crippen LogP) is 2.43. The van der Waals surface area contributed by atoms with Crippen LogP contribution in [-0.4, -0.2) is 25.4 Å². The molecule has 1 radical (unpaired) electrons. The summed E-state index contributed by atoms with van der Waals surface area (Å²) >= 11 is 0. The van der Waals surface area contributed by atoms with E-state index >= 15 is 0 Å². The molecular formula is C10H21O2. The zero-order valence-corrected chi connectivity index (χ0v) is 8.51. The molecule has 0 amide bonds. The van der Waals surface area contributed by atoms with Crippen molar-refractivity contribution in [3.8, 4) is 0 Å². The van der Waals surface area contributed by atoms with E-state index in [0.29, 0.717) is 0 Å². The topological polar surface area (TPSA) is 18.5 Å². The van der Waals surface area contributed by atoms with Crippen LogP contribution in [0.5, 0.6) is 0 Å². The van der Waals surface area contributed by atoms with E-state index in [1.165, 1.54) is 0 Å². The predicted molar refractivity (Wildman–Crippen MR) is 51.1 cm³/mol. The monoisotopic (exact) mass is 173 g/mol. The normalized spacial score (nSPS) is 13.8. The third kappa shape index (κ3) is 8.02. The number of hydrogen-bond donors (Lipinski definition) is 0. The van der Waals surface area contributed by atoms with Crippen LogP contribution >= 0.6 is 0 Å². The molecule has 0 saturated carbocycles. The first-order valence-corrected chi connectivity index (χ1v) is 4.73. The fraction of sp³-hybridized carbons (Fsp3) is 0.900. The molecule has 0 bridgehead atoms. The Labute approximate surface area is 76.3 Å². The molecule has 12 heavy (non-hydrogen) atoms. The van der Waals surface area contributed by atoms with Gasteiger partial charge >= 0.3 is 0 Å². The van der Waals surface area contributed by atoms with Gasteiger partial charge in [0.05, 0.1) is 12.2 Å². The molecule has 0 spiro atoms. The standard InChI is InChI=1S/C10H21O2/c1-5-11-8-6-7-10(4)12-9(2)3/h9-10H,4-8H2,1-3H3. The summed E-state index contributed by atoms with van der Waals surface area (Å²) in [5.74, 6) is 0. The number of rotatable bonds is 7. The molecule has 2 heteroatoms. The minimum absolute atomic E-state index is 0.116. The lowest BCUT2D eigenvalue weighted by Gasteiger charge is -2.15. The maximum absolute atomic E-state index is 5.46. The maximum Gasteiger partial charge on any atom is 0.0580 e. The summed E-state index contributed by atoms with van der Waals surface area (Å²) in [7, 11) is 0. The van der Waals surface area contributed by atoms with Crippen molar-refractivity contribution in [3.05, 3.63) is 6.92 Å². The summed E-state index contributed by atoms with van der Waals surface area (Å²) in [5, 5.41) is 0. The summed E-state index contributed by atoms with van der Waals surface area (Å²) < 4.78 is 10.7. The summed E-state index contributed by atoms with van der Waals surface area (Å²) in [6.45, 7) is 11.6. The fourth-order valence-electron chi connectivity index (χ4n) is 1.01. The molecule has 0 aliphatic carbocycles. The van der Waals surface area contributed by atoms with E-state index in [4.69, 9.17) is 9.47 Å². The Hall–Kier alpha value is -0.0800. The van der Waals surface area contributed by atoms with Crippen molar-refractivity contribution >= 4 is 0 Å². The van der Waals surface area contributed by atoms with Crippen LogP contribution in [0.25, 0.3) is 0 Å². The van der Waals surface area contributed by atoms with Gasteiger partial charge in [-0.15, -0.1) is 0 Å². The van der Waals surface area contributed by atoms with E-state index in [2.05, 4.69) is 6.92 Å². The molecule has 0 aromatic carbocycles. The van der Waals surface area contributed by atoms with Gasteiger partial charge in [0.25, 0.3) is 0 Å². The Bertz CT molecular complexity index is 91.8. The Balaban J connectivity index is 3.14. The van der Waals surface area contributed by atoms with Gasteiger partial charge in [-0.3, -0.25) is 0 Å². The van der Waals surface area contributed by atoms with Crippen LogP contribution in [0, 0.1) is 6.92 Å². The second-order valence-corrected chi connectivity index (χ2v) is 3.15. The minimum atomic E-state index is 0.116. The van der Waals surface area contributed by atoms with Crippen molar-refractivity contribution in [1.82, 2.24) is 0 Å². The average molecular weight is 173 g/mol. The highest BCUT2D eigenvalue weighted by Gasteiger charge is 2.03. The van der Waals surface area contributed by atoms with Crippen LogP contribution < -0.4 is 0 Å². The second kappa shape index (κ2) is 7.56. The molecular weight excluding hydrogens is 152 g/mol. The summed E-state index contributed by atoms with van der Waals surface area (Å²) in [6.07, 6.45) is 2.41. The van der Waals surface area contributed by atoms with E-state index in [1.54, 1.807) is 0 Å². The van der Waals surface area contributed by atoms with E-state index in [1.807, 2.05) is 20.8 Å². The molecule has 0 aromatic rings. The van der Waals surface area contributed by atoms with Gasteiger partial charge in [0, 0.05) is 13.2 Å². The van der Waals surface area contributed by atoms with E-state index < -0.39 is 0 Å². The summed E-state index contributed by atoms with van der Waals surface area (Å²) in [6, 6.07) is 0. The lowest BCUT2D eigenvalue weighted by molar-refractivity contribution is 0.0231. The first-order chi connectivity index (χ1) is 5.66. The first kappa shape index (κ1) is 11.9. The fourth-order valence-corrected chi connectivity index (χ4v) is 1.01. The van der Waals surface area contributed by atoms with Gasteiger partial charge < -0.3 is 9.47 Å². The molecule has 0 saturated heterocycles. The SMILES string of the molecule is [CH2]C(CCCOCC)OC(C)C. The van der Waals surface area contributed by atoms with Crippen molar-refractivity contribution < 1.29 is 9.47 Å². The van der Waals surface area contributed by atoms with Gasteiger partial charge in [-0.2, -0.15) is 0 Å². The third-order valence-electron chi connectivity index (χ3n) is 1.48. The van der Waals surface area contributed by atoms with Crippen LogP contribution in [0.2, 0.25) is 0 Å². The van der Waals surface area contributed by atoms with Crippen molar-refractivity contribution in [2.24, 2.45) is 0 Å². The highest BCUT2D eigenvalue weighted by atomic mass is 16.5. The molecule has 0 aliphatic heterocycles. The molecule has 1 atom stereocenters.